The Bertz CT molecular complexity index is 804. The molecular formula is C14H13N5O2S. The molecule has 0 atom stereocenters. The Morgan fingerprint density at radius 3 is 2.73 bits per heavy atom. The third-order valence-corrected chi connectivity index (χ3v) is 4.31. The molecule has 0 aliphatic carbocycles. The van der Waals surface area contributed by atoms with Gasteiger partial charge in [0.1, 0.15) is 17.0 Å². The van der Waals surface area contributed by atoms with Crippen LogP contribution in [-0.2, 0) is 0 Å². The summed E-state index contributed by atoms with van der Waals surface area (Å²) in [6.07, 6.45) is 1.50. The van der Waals surface area contributed by atoms with Gasteiger partial charge in [-0.05, 0) is 13.0 Å². The van der Waals surface area contributed by atoms with Gasteiger partial charge in [0.2, 0.25) is 0 Å². The molecule has 0 amide bonds. The third-order valence-electron chi connectivity index (χ3n) is 3.24. The van der Waals surface area contributed by atoms with Crippen molar-refractivity contribution in [2.24, 2.45) is 4.99 Å². The molecule has 0 saturated heterocycles. The van der Waals surface area contributed by atoms with E-state index in [1.807, 2.05) is 25.9 Å². The minimum atomic E-state index is -0.401. The highest BCUT2D eigenvalue weighted by Gasteiger charge is 2.22. The number of hydrogen-bond acceptors (Lipinski definition) is 7. The number of anilines is 1. The molecule has 7 nitrogen and oxygen atoms in total. The maximum atomic E-state index is 11.0. The Kier molecular flexibility index (Phi) is 3.53. The van der Waals surface area contributed by atoms with E-state index >= 15 is 0 Å². The molecule has 1 aliphatic rings. The topological polar surface area (TPSA) is 84.5 Å². The number of nitrogens with zero attached hydrogens (tertiary/aromatic N) is 5. The molecule has 1 aromatic carbocycles. The van der Waals surface area contributed by atoms with Crippen molar-refractivity contribution in [1.82, 2.24) is 9.97 Å². The number of benzene rings is 1. The first-order chi connectivity index (χ1) is 10.5. The Balaban J connectivity index is 2.21. The third kappa shape index (κ3) is 2.41. The molecule has 0 unspecified atom stereocenters. The SMILES string of the molecule is CC1=Nc2c(ncnc2N(C)C)Sc2ccc([N+](=O)[O-])cc21. The molecule has 3 rings (SSSR count). The van der Waals surface area contributed by atoms with Crippen LogP contribution in [0.1, 0.15) is 12.5 Å². The van der Waals surface area contributed by atoms with E-state index in [1.165, 1.54) is 24.2 Å². The van der Waals surface area contributed by atoms with Gasteiger partial charge in [0.15, 0.2) is 5.82 Å². The number of nitro benzene ring substituents is 1. The Hall–Kier alpha value is -2.48. The lowest BCUT2D eigenvalue weighted by Crippen LogP contribution is -2.11. The van der Waals surface area contributed by atoms with Crippen LogP contribution in [0.3, 0.4) is 0 Å². The molecule has 0 N–H and O–H groups in total. The first kappa shape index (κ1) is 14.5. The molecular weight excluding hydrogens is 302 g/mol. The van der Waals surface area contributed by atoms with Gasteiger partial charge in [-0.2, -0.15) is 0 Å². The molecule has 0 radical (unpaired) electrons. The van der Waals surface area contributed by atoms with Crippen LogP contribution in [0.4, 0.5) is 17.2 Å². The highest BCUT2D eigenvalue weighted by Crippen LogP contribution is 2.42. The van der Waals surface area contributed by atoms with Gasteiger partial charge in [-0.15, -0.1) is 0 Å². The number of nitro groups is 1. The summed E-state index contributed by atoms with van der Waals surface area (Å²) < 4.78 is 0. The second-order valence-corrected chi connectivity index (χ2v) is 6.01. The van der Waals surface area contributed by atoms with Gasteiger partial charge in [-0.1, -0.05) is 11.8 Å². The molecule has 8 heteroatoms. The van der Waals surface area contributed by atoms with E-state index in [2.05, 4.69) is 15.0 Å². The number of fused-ring (bicyclic) bond motifs is 2. The van der Waals surface area contributed by atoms with E-state index in [0.29, 0.717) is 11.4 Å². The lowest BCUT2D eigenvalue weighted by Gasteiger charge is -2.14. The summed E-state index contributed by atoms with van der Waals surface area (Å²) in [6, 6.07) is 4.79. The summed E-state index contributed by atoms with van der Waals surface area (Å²) in [5.74, 6) is 0.721. The normalized spacial score (nSPS) is 12.8. The first-order valence-electron chi connectivity index (χ1n) is 6.51. The van der Waals surface area contributed by atoms with Gasteiger partial charge in [0.25, 0.3) is 5.69 Å². The van der Waals surface area contributed by atoms with E-state index in [0.717, 1.165) is 21.3 Å². The average molecular weight is 315 g/mol. The highest BCUT2D eigenvalue weighted by molar-refractivity contribution is 7.99. The lowest BCUT2D eigenvalue weighted by molar-refractivity contribution is -0.384. The molecule has 0 bridgehead atoms. The summed E-state index contributed by atoms with van der Waals surface area (Å²) >= 11 is 1.44. The fraction of sp³-hybridized carbons (Fsp3) is 0.214. The molecule has 22 heavy (non-hydrogen) atoms. The summed E-state index contributed by atoms with van der Waals surface area (Å²) in [5.41, 5.74) is 2.21. The minimum Gasteiger partial charge on any atom is -0.361 e. The van der Waals surface area contributed by atoms with Crippen LogP contribution in [0.25, 0.3) is 0 Å². The number of non-ortho nitro benzene ring substituents is 1. The van der Waals surface area contributed by atoms with Crippen molar-refractivity contribution in [3.05, 3.63) is 40.2 Å². The van der Waals surface area contributed by atoms with E-state index < -0.39 is 4.92 Å². The number of rotatable bonds is 2. The largest absolute Gasteiger partial charge is 0.361 e. The van der Waals surface area contributed by atoms with Crippen molar-refractivity contribution < 1.29 is 4.92 Å². The lowest BCUT2D eigenvalue weighted by atomic mass is 10.1. The fourth-order valence-corrected chi connectivity index (χ4v) is 3.18. The molecule has 1 aromatic heterocycles. The Morgan fingerprint density at radius 1 is 1.27 bits per heavy atom. The number of aliphatic imine (C=N–C) groups is 1. The molecule has 2 aromatic rings. The quantitative estimate of drug-likeness (QED) is 0.481. The van der Waals surface area contributed by atoms with Crippen LogP contribution < -0.4 is 4.90 Å². The van der Waals surface area contributed by atoms with Crippen LogP contribution in [-0.4, -0.2) is 34.7 Å². The van der Waals surface area contributed by atoms with Crippen LogP contribution in [0.15, 0.2) is 39.4 Å². The van der Waals surface area contributed by atoms with Crippen molar-refractivity contribution >= 4 is 34.7 Å². The minimum absolute atomic E-state index is 0.0544. The second kappa shape index (κ2) is 5.38. The predicted octanol–water partition coefficient (Wildman–Crippen LogP) is 3.06. The highest BCUT2D eigenvalue weighted by atomic mass is 32.2. The van der Waals surface area contributed by atoms with Gasteiger partial charge in [-0.25, -0.2) is 15.0 Å². The average Bonchev–Trinajstić information content (AvgIpc) is 2.62. The monoisotopic (exact) mass is 315 g/mol. The van der Waals surface area contributed by atoms with Crippen LogP contribution in [0, 0.1) is 10.1 Å². The van der Waals surface area contributed by atoms with Crippen molar-refractivity contribution in [3.8, 4) is 0 Å². The maximum absolute atomic E-state index is 11.0. The van der Waals surface area contributed by atoms with Crippen LogP contribution in [0.2, 0.25) is 0 Å². The zero-order valence-electron chi connectivity index (χ0n) is 12.3. The van der Waals surface area contributed by atoms with Gasteiger partial charge >= 0.3 is 0 Å². The molecule has 1 aliphatic heterocycles. The zero-order chi connectivity index (χ0) is 15.9. The van der Waals surface area contributed by atoms with E-state index in [4.69, 9.17) is 0 Å². The van der Waals surface area contributed by atoms with E-state index in [9.17, 15) is 10.1 Å². The van der Waals surface area contributed by atoms with Crippen LogP contribution in [0.5, 0.6) is 0 Å². The standard InChI is InChI=1S/C14H13N5O2S/c1-8-10-6-9(19(20)21)4-5-11(10)22-14-12(17-8)13(18(2)3)15-7-16-14/h4-7H,1-3H3. The van der Waals surface area contributed by atoms with Gasteiger partial charge < -0.3 is 4.90 Å². The van der Waals surface area contributed by atoms with Crippen LogP contribution >= 0.6 is 11.8 Å². The smallest absolute Gasteiger partial charge is 0.270 e. The zero-order valence-corrected chi connectivity index (χ0v) is 13.1. The molecule has 0 fully saturated rings. The van der Waals surface area contributed by atoms with Crippen molar-refractivity contribution in [2.75, 3.05) is 19.0 Å². The van der Waals surface area contributed by atoms with Crippen molar-refractivity contribution in [2.45, 2.75) is 16.8 Å². The maximum Gasteiger partial charge on any atom is 0.270 e. The number of aromatic nitrogens is 2. The van der Waals surface area contributed by atoms with Gasteiger partial charge in [0.05, 0.1) is 4.92 Å². The fourth-order valence-electron chi connectivity index (χ4n) is 2.19. The summed E-state index contributed by atoms with van der Waals surface area (Å²) in [5, 5.41) is 11.7. The van der Waals surface area contributed by atoms with E-state index in [1.54, 1.807) is 12.1 Å². The van der Waals surface area contributed by atoms with Gasteiger partial charge in [-0.3, -0.25) is 10.1 Å². The molecule has 2 heterocycles. The molecule has 112 valence electrons. The van der Waals surface area contributed by atoms with Gasteiger partial charge in [0, 0.05) is 42.4 Å². The molecule has 0 spiro atoms. The van der Waals surface area contributed by atoms with Crippen molar-refractivity contribution in [3.63, 3.8) is 0 Å². The Morgan fingerprint density at radius 2 is 2.05 bits per heavy atom. The second-order valence-electron chi connectivity index (χ2n) is 4.98. The summed E-state index contributed by atoms with van der Waals surface area (Å²) in [7, 11) is 3.78. The summed E-state index contributed by atoms with van der Waals surface area (Å²) in [4.78, 5) is 26.5. The summed E-state index contributed by atoms with van der Waals surface area (Å²) in [6.45, 7) is 1.84. The Labute approximate surface area is 131 Å². The predicted molar refractivity (Wildman–Crippen MR) is 85.4 cm³/mol. The van der Waals surface area contributed by atoms with E-state index in [-0.39, 0.29) is 5.69 Å². The number of hydrogen-bond donors (Lipinski definition) is 0. The first-order valence-corrected chi connectivity index (χ1v) is 7.33. The molecule has 0 saturated carbocycles. The van der Waals surface area contributed by atoms with Crippen molar-refractivity contribution in [1.29, 1.82) is 0 Å².